The Hall–Kier alpha value is -2.34. The summed E-state index contributed by atoms with van der Waals surface area (Å²) in [5.41, 5.74) is 1.28. The lowest BCUT2D eigenvalue weighted by molar-refractivity contribution is 0.0679. The van der Waals surface area contributed by atoms with Crippen LogP contribution in [0.1, 0.15) is 34.7 Å². The van der Waals surface area contributed by atoms with Crippen LogP contribution in [0.25, 0.3) is 0 Å². The highest BCUT2D eigenvalue weighted by Gasteiger charge is 2.16. The molecule has 1 N–H and O–H groups in total. The van der Waals surface area contributed by atoms with Crippen molar-refractivity contribution >= 4 is 5.91 Å². The number of aryl methyl sites for hydroxylation is 1. The van der Waals surface area contributed by atoms with Crippen molar-refractivity contribution in [3.8, 4) is 5.75 Å². The van der Waals surface area contributed by atoms with Crippen molar-refractivity contribution in [1.82, 2.24) is 10.5 Å². The van der Waals surface area contributed by atoms with Gasteiger partial charge in [-0.15, -0.1) is 0 Å². The van der Waals surface area contributed by atoms with Crippen molar-refractivity contribution in [3.05, 3.63) is 47.3 Å². The molecule has 1 fully saturated rings. The molecule has 0 aliphatic carbocycles. The zero-order chi connectivity index (χ0) is 16.1. The Morgan fingerprint density at radius 3 is 2.87 bits per heavy atom. The molecule has 0 unspecified atom stereocenters. The van der Waals surface area contributed by atoms with E-state index in [0.717, 1.165) is 30.8 Å². The van der Waals surface area contributed by atoms with Gasteiger partial charge in [0.2, 0.25) is 0 Å². The van der Waals surface area contributed by atoms with E-state index in [-0.39, 0.29) is 12.0 Å². The zero-order valence-electron chi connectivity index (χ0n) is 13.1. The van der Waals surface area contributed by atoms with E-state index >= 15 is 0 Å². The standard InChI is InChI=1S/C17H20N2O4/c1-12-9-16(19-23-12)17(20)18-10-13-4-6-14(7-5-13)22-11-15-3-2-8-21-15/h4-7,9,15H,2-3,8,10-11H2,1H3,(H,18,20)/t15-/m0/s1. The monoisotopic (exact) mass is 316 g/mol. The number of nitrogens with zero attached hydrogens (tertiary/aromatic N) is 1. The summed E-state index contributed by atoms with van der Waals surface area (Å²) in [7, 11) is 0. The predicted octanol–water partition coefficient (Wildman–Crippen LogP) is 2.47. The summed E-state index contributed by atoms with van der Waals surface area (Å²) in [5, 5.41) is 6.49. The minimum Gasteiger partial charge on any atom is -0.491 e. The van der Waals surface area contributed by atoms with Gasteiger partial charge in [0.05, 0.1) is 6.10 Å². The molecule has 1 amide bonds. The van der Waals surface area contributed by atoms with Gasteiger partial charge in [0.1, 0.15) is 18.1 Å². The molecule has 2 heterocycles. The highest BCUT2D eigenvalue weighted by Crippen LogP contribution is 2.16. The molecule has 122 valence electrons. The van der Waals surface area contributed by atoms with Crippen molar-refractivity contribution in [1.29, 1.82) is 0 Å². The van der Waals surface area contributed by atoms with Crippen molar-refractivity contribution in [2.75, 3.05) is 13.2 Å². The first-order chi connectivity index (χ1) is 11.2. The SMILES string of the molecule is Cc1cc(C(=O)NCc2ccc(OC[C@@H]3CCCO3)cc2)no1. The third-order valence-corrected chi connectivity index (χ3v) is 3.70. The first kappa shape index (κ1) is 15.6. The first-order valence-electron chi connectivity index (χ1n) is 7.75. The largest absolute Gasteiger partial charge is 0.491 e. The van der Waals surface area contributed by atoms with Crippen LogP contribution in [-0.2, 0) is 11.3 Å². The number of rotatable bonds is 6. The molecule has 1 atom stereocenters. The molecule has 0 spiro atoms. The molecular weight excluding hydrogens is 296 g/mol. The van der Waals surface area contributed by atoms with Crippen molar-refractivity contribution in [2.24, 2.45) is 0 Å². The second kappa shape index (κ2) is 7.28. The van der Waals surface area contributed by atoms with Gasteiger partial charge in [-0.1, -0.05) is 17.3 Å². The summed E-state index contributed by atoms with van der Waals surface area (Å²) < 4.78 is 16.1. The Bertz CT molecular complexity index is 645. The van der Waals surface area contributed by atoms with Gasteiger partial charge in [-0.3, -0.25) is 4.79 Å². The lowest BCUT2D eigenvalue weighted by Gasteiger charge is -2.11. The van der Waals surface area contributed by atoms with Crippen molar-refractivity contribution < 1.29 is 18.8 Å². The quantitative estimate of drug-likeness (QED) is 0.886. The van der Waals surface area contributed by atoms with E-state index in [4.69, 9.17) is 14.0 Å². The maximum Gasteiger partial charge on any atom is 0.273 e. The molecule has 1 aliphatic rings. The summed E-state index contributed by atoms with van der Waals surface area (Å²) in [6.45, 7) is 3.59. The van der Waals surface area contributed by atoms with E-state index in [2.05, 4.69) is 10.5 Å². The molecule has 0 radical (unpaired) electrons. The Balaban J connectivity index is 1.46. The molecule has 23 heavy (non-hydrogen) atoms. The van der Waals surface area contributed by atoms with Gasteiger partial charge in [-0.25, -0.2) is 0 Å². The van der Waals surface area contributed by atoms with Gasteiger partial charge in [0, 0.05) is 19.2 Å². The maximum atomic E-state index is 11.9. The number of ether oxygens (including phenoxy) is 2. The van der Waals surface area contributed by atoms with E-state index in [1.54, 1.807) is 13.0 Å². The van der Waals surface area contributed by atoms with E-state index in [9.17, 15) is 4.79 Å². The lowest BCUT2D eigenvalue weighted by Crippen LogP contribution is -2.23. The molecule has 1 aliphatic heterocycles. The average Bonchev–Trinajstić information content (AvgIpc) is 3.23. The Kier molecular flexibility index (Phi) is 4.92. The van der Waals surface area contributed by atoms with Gasteiger partial charge >= 0.3 is 0 Å². The summed E-state index contributed by atoms with van der Waals surface area (Å²) >= 11 is 0. The Morgan fingerprint density at radius 1 is 1.39 bits per heavy atom. The number of nitrogens with one attached hydrogen (secondary N) is 1. The van der Waals surface area contributed by atoms with Crippen LogP contribution in [-0.4, -0.2) is 30.4 Å². The topological polar surface area (TPSA) is 73.6 Å². The van der Waals surface area contributed by atoms with Crippen LogP contribution in [0.4, 0.5) is 0 Å². The number of carbonyl (C=O) groups is 1. The van der Waals surface area contributed by atoms with Crippen molar-refractivity contribution in [2.45, 2.75) is 32.4 Å². The van der Waals surface area contributed by atoms with E-state index in [0.29, 0.717) is 24.6 Å². The summed E-state index contributed by atoms with van der Waals surface area (Å²) in [5.74, 6) is 1.17. The van der Waals surface area contributed by atoms with E-state index < -0.39 is 0 Å². The fourth-order valence-electron chi connectivity index (χ4n) is 2.41. The smallest absolute Gasteiger partial charge is 0.273 e. The first-order valence-corrected chi connectivity index (χ1v) is 7.75. The predicted molar refractivity (Wildman–Crippen MR) is 83.3 cm³/mol. The van der Waals surface area contributed by atoms with E-state index in [1.807, 2.05) is 24.3 Å². The molecule has 3 rings (SSSR count). The minimum absolute atomic E-state index is 0.208. The molecule has 0 bridgehead atoms. The van der Waals surface area contributed by atoms with Crippen molar-refractivity contribution in [3.63, 3.8) is 0 Å². The van der Waals surface area contributed by atoms with Crippen LogP contribution >= 0.6 is 0 Å². The van der Waals surface area contributed by atoms with Gasteiger partial charge in [-0.05, 0) is 37.5 Å². The molecule has 2 aromatic rings. The van der Waals surface area contributed by atoms with Crippen LogP contribution in [0.5, 0.6) is 5.75 Å². The van der Waals surface area contributed by atoms with Crippen LogP contribution in [0.15, 0.2) is 34.9 Å². The number of hydrogen-bond acceptors (Lipinski definition) is 5. The van der Waals surface area contributed by atoms with Crippen LogP contribution in [0.2, 0.25) is 0 Å². The second-order valence-corrected chi connectivity index (χ2v) is 5.60. The highest BCUT2D eigenvalue weighted by molar-refractivity contribution is 5.92. The van der Waals surface area contributed by atoms with Gasteiger partial charge in [0.25, 0.3) is 5.91 Å². The van der Waals surface area contributed by atoms with Gasteiger partial charge < -0.3 is 19.3 Å². The van der Waals surface area contributed by atoms with E-state index in [1.165, 1.54) is 0 Å². The van der Waals surface area contributed by atoms with Crippen LogP contribution < -0.4 is 10.1 Å². The molecule has 1 aromatic heterocycles. The lowest BCUT2D eigenvalue weighted by atomic mass is 10.2. The van der Waals surface area contributed by atoms with Gasteiger partial charge in [-0.2, -0.15) is 0 Å². The summed E-state index contributed by atoms with van der Waals surface area (Å²) in [6.07, 6.45) is 2.38. The zero-order valence-corrected chi connectivity index (χ0v) is 13.1. The normalized spacial score (nSPS) is 17.2. The molecule has 1 saturated heterocycles. The third-order valence-electron chi connectivity index (χ3n) is 3.70. The number of amides is 1. The van der Waals surface area contributed by atoms with Gasteiger partial charge in [0.15, 0.2) is 5.69 Å². The molecule has 6 heteroatoms. The molecule has 6 nitrogen and oxygen atoms in total. The number of carbonyl (C=O) groups excluding carboxylic acids is 1. The Morgan fingerprint density at radius 2 is 2.22 bits per heavy atom. The summed E-state index contributed by atoms with van der Waals surface area (Å²) in [6, 6.07) is 9.27. The fraction of sp³-hybridized carbons (Fsp3) is 0.412. The summed E-state index contributed by atoms with van der Waals surface area (Å²) in [4.78, 5) is 11.9. The molecule has 0 saturated carbocycles. The maximum absolute atomic E-state index is 11.9. The molecular formula is C17H20N2O4. The number of benzene rings is 1. The highest BCUT2D eigenvalue weighted by atomic mass is 16.5. The number of aromatic nitrogens is 1. The van der Waals surface area contributed by atoms with Crippen LogP contribution in [0.3, 0.4) is 0 Å². The Labute approximate surface area is 134 Å². The van der Waals surface area contributed by atoms with Crippen LogP contribution in [0, 0.1) is 6.92 Å². The fourth-order valence-corrected chi connectivity index (χ4v) is 2.41. The second-order valence-electron chi connectivity index (χ2n) is 5.60. The average molecular weight is 316 g/mol. The minimum atomic E-state index is -0.249. The third kappa shape index (κ3) is 4.32. The number of hydrogen-bond donors (Lipinski definition) is 1. The molecule has 1 aromatic carbocycles.